The molecule has 12 rings (SSSR count). The number of aliphatic imine (C=N–C) groups is 1. The van der Waals surface area contributed by atoms with E-state index in [-0.39, 0.29) is 48.7 Å². The van der Waals surface area contributed by atoms with Gasteiger partial charge in [0.2, 0.25) is 23.7 Å². The van der Waals surface area contributed by atoms with E-state index in [1.807, 2.05) is 47.9 Å². The van der Waals surface area contributed by atoms with E-state index in [1.165, 1.54) is 0 Å². The van der Waals surface area contributed by atoms with Gasteiger partial charge in [-0.25, -0.2) is 24.6 Å². The summed E-state index contributed by atoms with van der Waals surface area (Å²) in [6.07, 6.45) is 0.0430. The Morgan fingerprint density at radius 1 is 0.675 bits per heavy atom. The molecule has 0 spiro atoms. The third-order valence-corrected chi connectivity index (χ3v) is 14.9. The lowest BCUT2D eigenvalue weighted by molar-refractivity contribution is -0.137. The minimum atomic E-state index is -4.61. The molecular weight excluding hydrogens is 1160 g/mol. The van der Waals surface area contributed by atoms with Gasteiger partial charge in [-0.15, -0.1) is 22.7 Å². The number of hydrogen-bond donors (Lipinski definition) is 2. The number of ether oxygens (including phenoxy) is 2. The molecule has 7 aromatic heterocycles. The average Bonchev–Trinajstić information content (AvgIpc) is 4.45. The fourth-order valence-electron chi connectivity index (χ4n) is 8.56. The highest BCUT2D eigenvalue weighted by Crippen LogP contribution is 2.47. The van der Waals surface area contributed by atoms with E-state index in [0.29, 0.717) is 77.7 Å². The van der Waals surface area contributed by atoms with Crippen molar-refractivity contribution in [3.8, 4) is 40.0 Å². The molecule has 0 bridgehead atoms. The lowest BCUT2D eigenvalue weighted by atomic mass is 10.1. The Morgan fingerprint density at radius 2 is 1.14 bits per heavy atom. The van der Waals surface area contributed by atoms with Crippen LogP contribution in [0.4, 0.5) is 42.6 Å². The van der Waals surface area contributed by atoms with Crippen molar-refractivity contribution >= 4 is 104 Å². The second-order valence-corrected chi connectivity index (χ2v) is 20.2. The number of fused-ring (bicyclic) bond motifs is 6. The number of hydrogen-bond acceptors (Lipinski definition) is 16. The first-order chi connectivity index (χ1) is 37.7. The minimum Gasteiger partial charge on any atom is -0.477 e. The van der Waals surface area contributed by atoms with Crippen molar-refractivity contribution in [2.24, 2.45) is 4.99 Å². The van der Waals surface area contributed by atoms with E-state index < -0.39 is 30.6 Å². The first kappa shape index (κ1) is 53.7. The molecule has 9 aromatic rings. The number of piperazine rings is 2. The van der Waals surface area contributed by atoms with Crippen LogP contribution in [0.1, 0.15) is 26.3 Å². The van der Waals surface area contributed by atoms with Gasteiger partial charge < -0.3 is 29.9 Å². The zero-order chi connectivity index (χ0) is 55.0. The SMILES string of the molecule is C1=CCN=C1.CCOc1nc(N2CCNCC2)nc2c1sc1nc(-c3ccc(-n4cccn4)cc3)cc(C(F)(F)F)c12.CCOc1nc(N2CCNCC2)nc2c1sc1nc(-c3ccc(I)cc3)cc(C(F)(F)F)c12.[2H]CF. The molecule has 0 saturated carbocycles. The third kappa shape index (κ3) is 12.4. The molecule has 10 heterocycles. The van der Waals surface area contributed by atoms with Crippen molar-refractivity contribution in [1.82, 2.24) is 50.3 Å². The number of benzene rings is 2. The number of nitrogens with one attached hydrogen (secondary N) is 2. The van der Waals surface area contributed by atoms with E-state index in [4.69, 9.17) is 10.8 Å². The number of pyridine rings is 2. The van der Waals surface area contributed by atoms with E-state index >= 15 is 0 Å². The first-order valence-corrected chi connectivity index (χ1v) is 26.9. The lowest BCUT2D eigenvalue weighted by Gasteiger charge is -2.27. The molecule has 3 aliphatic rings. The maximum Gasteiger partial charge on any atom is 0.417 e. The van der Waals surface area contributed by atoms with Crippen LogP contribution in [-0.2, 0) is 12.4 Å². The molecule has 2 aromatic carbocycles. The predicted molar refractivity (Wildman–Crippen MR) is 298 cm³/mol. The molecular formula is C52H49F7IN13O2S2. The highest BCUT2D eigenvalue weighted by molar-refractivity contribution is 14.1. The summed E-state index contributed by atoms with van der Waals surface area (Å²) >= 11 is 4.41. The van der Waals surface area contributed by atoms with Gasteiger partial charge in [0.05, 0.1) is 67.3 Å². The van der Waals surface area contributed by atoms with Crippen molar-refractivity contribution in [2.75, 3.05) is 89.1 Å². The molecule has 25 heteroatoms. The molecule has 3 aliphatic heterocycles. The van der Waals surface area contributed by atoms with E-state index in [1.54, 1.807) is 65.8 Å². The minimum absolute atomic E-state index is 0.00324. The summed E-state index contributed by atoms with van der Waals surface area (Å²) in [7, 11) is -1.00. The Bertz CT molecular complexity index is 3540. The van der Waals surface area contributed by atoms with Gasteiger partial charge in [0, 0.05) is 85.7 Å². The standard InChI is InChI=1S/C25H22F3N7OS.C22H19F3IN5OS.C4H5N.CH3F/c1-2-36-22-21-20(32-24(33-22)34-12-9-29-10-13-34)19-17(25(26,27)28)14-18(31-23(19)37-21)15-4-6-16(7-5-15)35-11-3-8-30-35;1-2-32-19-18-17(29-21(30-19)31-9-7-27-8-10-31)16-14(22(23,24)25)11-15(28-20(16)33-18)12-3-5-13(26)6-4-12;1-2-4-5-3-1;1-2/h3-8,11,14,29H,2,9-10,12-13H2,1H3;3-6,11,27H,2,7-10H2,1H3;1-3H,4H2;1H3/i;;;1D. The summed E-state index contributed by atoms with van der Waals surface area (Å²) in [6, 6.07) is 18.3. The number of anilines is 2. The van der Waals surface area contributed by atoms with Gasteiger partial charge in [0.25, 0.3) is 0 Å². The van der Waals surface area contributed by atoms with Gasteiger partial charge >= 0.3 is 12.4 Å². The second-order valence-electron chi connectivity index (χ2n) is 17.0. The summed E-state index contributed by atoms with van der Waals surface area (Å²) in [6.45, 7) is 10.8. The maximum absolute atomic E-state index is 14.4. The van der Waals surface area contributed by atoms with Crippen LogP contribution in [0.15, 0.2) is 96.3 Å². The van der Waals surface area contributed by atoms with Crippen LogP contribution in [0, 0.1) is 3.57 Å². The topological polar surface area (TPSA) is 157 Å². The molecule has 0 radical (unpaired) electrons. The molecule has 0 aliphatic carbocycles. The molecule has 2 fully saturated rings. The number of halogens is 8. The van der Waals surface area contributed by atoms with Crippen molar-refractivity contribution in [2.45, 2.75) is 26.2 Å². The van der Waals surface area contributed by atoms with Gasteiger partial charge in [-0.05, 0) is 85.0 Å². The molecule has 2 N–H and O–H groups in total. The normalized spacial score (nSPS) is 14.8. The zero-order valence-electron chi connectivity index (χ0n) is 42.3. The Hall–Kier alpha value is -6.68. The summed E-state index contributed by atoms with van der Waals surface area (Å²) in [4.78, 5) is 35.9. The van der Waals surface area contributed by atoms with Gasteiger partial charge in [-0.2, -0.15) is 41.4 Å². The molecule has 77 heavy (non-hydrogen) atoms. The quantitative estimate of drug-likeness (QED) is 0.104. The van der Waals surface area contributed by atoms with Crippen LogP contribution in [0.3, 0.4) is 0 Å². The van der Waals surface area contributed by atoms with Crippen LogP contribution in [-0.4, -0.2) is 125 Å². The van der Waals surface area contributed by atoms with Gasteiger partial charge in [0.15, 0.2) is 0 Å². The Balaban J connectivity index is 0.000000167. The van der Waals surface area contributed by atoms with Crippen LogP contribution < -0.4 is 29.9 Å². The number of alkyl halides is 7. The summed E-state index contributed by atoms with van der Waals surface area (Å²) < 4.78 is 117. The van der Waals surface area contributed by atoms with Gasteiger partial charge in [0.1, 0.15) is 30.1 Å². The highest BCUT2D eigenvalue weighted by atomic mass is 127. The van der Waals surface area contributed by atoms with Crippen molar-refractivity contribution < 1.29 is 41.6 Å². The molecule has 0 atom stereocenters. The fourth-order valence-corrected chi connectivity index (χ4v) is 11.1. The van der Waals surface area contributed by atoms with Crippen LogP contribution in [0.25, 0.3) is 69.1 Å². The average molecular weight is 1210 g/mol. The number of aromatic nitrogens is 8. The van der Waals surface area contributed by atoms with Crippen molar-refractivity contribution in [3.05, 3.63) is 106 Å². The largest absolute Gasteiger partial charge is 0.477 e. The second kappa shape index (κ2) is 24.3. The number of thiophene rings is 2. The molecule has 0 unspecified atom stereocenters. The van der Waals surface area contributed by atoms with Gasteiger partial charge in [-0.3, -0.25) is 9.38 Å². The molecule has 402 valence electrons. The van der Waals surface area contributed by atoms with E-state index in [2.05, 4.69) is 73.2 Å². The Kier molecular flexibility index (Phi) is 17.0. The Morgan fingerprint density at radius 3 is 1.52 bits per heavy atom. The van der Waals surface area contributed by atoms with Crippen LogP contribution in [0.5, 0.6) is 11.8 Å². The summed E-state index contributed by atoms with van der Waals surface area (Å²) in [5, 5.41) is 10.7. The predicted octanol–water partition coefficient (Wildman–Crippen LogP) is 11.5. The number of nitrogens with zero attached hydrogens (tertiary/aromatic N) is 11. The first-order valence-electron chi connectivity index (χ1n) is 24.9. The monoisotopic (exact) mass is 1210 g/mol. The maximum atomic E-state index is 14.4. The van der Waals surface area contributed by atoms with Crippen molar-refractivity contribution in [1.29, 1.82) is 0 Å². The van der Waals surface area contributed by atoms with E-state index in [9.17, 15) is 30.7 Å². The number of allylic oxidation sites excluding steroid dienone is 1. The summed E-state index contributed by atoms with van der Waals surface area (Å²) in [5.41, 5.74) is 1.41. The zero-order valence-corrected chi connectivity index (χ0v) is 45.1. The molecule has 0 amide bonds. The fraction of sp³-hybridized carbons (Fsp3) is 0.308. The summed E-state index contributed by atoms with van der Waals surface area (Å²) in [5.74, 6) is 1.32. The number of rotatable bonds is 9. The van der Waals surface area contributed by atoms with Crippen LogP contribution >= 0.6 is 45.3 Å². The lowest BCUT2D eigenvalue weighted by Crippen LogP contribution is -2.44. The molecule has 15 nitrogen and oxygen atoms in total. The smallest absolute Gasteiger partial charge is 0.417 e. The third-order valence-electron chi connectivity index (χ3n) is 12.1. The highest BCUT2D eigenvalue weighted by Gasteiger charge is 2.38. The van der Waals surface area contributed by atoms with Gasteiger partial charge in [-0.1, -0.05) is 30.3 Å². The Labute approximate surface area is 459 Å². The van der Waals surface area contributed by atoms with Crippen molar-refractivity contribution in [3.63, 3.8) is 0 Å². The van der Waals surface area contributed by atoms with Crippen LogP contribution in [0.2, 0.25) is 0 Å². The van der Waals surface area contributed by atoms with E-state index in [0.717, 1.165) is 76.8 Å². The molecule has 2 saturated heterocycles.